The van der Waals surface area contributed by atoms with Crippen molar-refractivity contribution in [1.82, 2.24) is 4.90 Å². The predicted octanol–water partition coefficient (Wildman–Crippen LogP) is 1.52. The second kappa shape index (κ2) is 4.09. The predicted molar refractivity (Wildman–Crippen MR) is 69.4 cm³/mol. The van der Waals surface area contributed by atoms with Crippen molar-refractivity contribution < 1.29 is 22.5 Å². The van der Waals surface area contributed by atoms with Crippen molar-refractivity contribution in [1.29, 1.82) is 0 Å². The summed E-state index contributed by atoms with van der Waals surface area (Å²) >= 11 is 0. The van der Waals surface area contributed by atoms with E-state index in [0.29, 0.717) is 19.4 Å². The maximum Gasteiger partial charge on any atom is 0.407 e. The van der Waals surface area contributed by atoms with E-state index >= 15 is 0 Å². The lowest BCUT2D eigenvalue weighted by molar-refractivity contribution is -0.184. The molecule has 0 bridgehead atoms. The highest BCUT2D eigenvalue weighted by atomic mass is 32.2. The molecule has 19 heavy (non-hydrogen) atoms. The molecule has 1 atom stereocenters. The van der Waals surface area contributed by atoms with E-state index in [0.717, 1.165) is 6.26 Å². The Hall–Kier alpha value is -0.820. The van der Waals surface area contributed by atoms with E-state index in [1.807, 2.05) is 20.8 Å². The Balaban J connectivity index is 2.06. The van der Waals surface area contributed by atoms with Gasteiger partial charge in [-0.15, -0.1) is 0 Å². The van der Waals surface area contributed by atoms with E-state index in [4.69, 9.17) is 9.29 Å². The van der Waals surface area contributed by atoms with Crippen LogP contribution in [0.5, 0.6) is 0 Å². The molecule has 1 spiro atoms. The quantitative estimate of drug-likeness (QED) is 0.780. The van der Waals surface area contributed by atoms with Crippen LogP contribution >= 0.6 is 0 Å². The maximum atomic E-state index is 11.2. The fourth-order valence-electron chi connectivity index (χ4n) is 3.81. The molecule has 110 valence electrons. The van der Waals surface area contributed by atoms with E-state index in [1.165, 1.54) is 4.90 Å². The summed E-state index contributed by atoms with van der Waals surface area (Å²) in [5.74, 6) is 0. The summed E-state index contributed by atoms with van der Waals surface area (Å²) in [6, 6.07) is -0.0723. The van der Waals surface area contributed by atoms with Crippen LogP contribution in [0.1, 0.15) is 33.6 Å². The fourth-order valence-corrected chi connectivity index (χ4v) is 4.44. The topological polar surface area (TPSA) is 83.9 Å². The lowest BCUT2D eigenvalue weighted by Crippen LogP contribution is -2.75. The van der Waals surface area contributed by atoms with Gasteiger partial charge in [0.2, 0.25) is 0 Å². The van der Waals surface area contributed by atoms with E-state index in [-0.39, 0.29) is 23.0 Å². The number of rotatable bonds is 2. The Morgan fingerprint density at radius 2 is 1.89 bits per heavy atom. The Labute approximate surface area is 113 Å². The van der Waals surface area contributed by atoms with Crippen molar-refractivity contribution in [2.24, 2.45) is 10.8 Å². The summed E-state index contributed by atoms with van der Waals surface area (Å²) in [4.78, 5) is 12.6. The molecule has 6 nitrogen and oxygen atoms in total. The first-order valence-electron chi connectivity index (χ1n) is 6.32. The van der Waals surface area contributed by atoms with Crippen molar-refractivity contribution in [3.63, 3.8) is 0 Å². The highest BCUT2D eigenvalue weighted by Gasteiger charge is 2.64. The molecule has 0 aromatic heterocycles. The minimum Gasteiger partial charge on any atom is -0.465 e. The largest absolute Gasteiger partial charge is 0.465 e. The molecule has 1 saturated carbocycles. The third kappa shape index (κ3) is 2.58. The number of carboxylic acid groups (broad SMARTS) is 1. The molecule has 0 aromatic rings. The zero-order valence-corrected chi connectivity index (χ0v) is 12.5. The van der Waals surface area contributed by atoms with Gasteiger partial charge in [0.25, 0.3) is 10.1 Å². The molecule has 0 radical (unpaired) electrons. The maximum absolute atomic E-state index is 11.2. The van der Waals surface area contributed by atoms with Gasteiger partial charge in [-0.3, -0.25) is 4.18 Å². The molecular formula is C12H21NO5S. The average molecular weight is 291 g/mol. The van der Waals surface area contributed by atoms with Crippen molar-refractivity contribution in [3.05, 3.63) is 0 Å². The minimum atomic E-state index is -3.43. The van der Waals surface area contributed by atoms with Crippen LogP contribution in [0, 0.1) is 10.8 Å². The molecule has 1 heterocycles. The third-order valence-electron chi connectivity index (χ3n) is 4.02. The zero-order chi connectivity index (χ0) is 14.6. The number of hydrogen-bond acceptors (Lipinski definition) is 4. The summed E-state index contributed by atoms with van der Waals surface area (Å²) in [6.07, 6.45) is 1.08. The van der Waals surface area contributed by atoms with E-state index in [9.17, 15) is 13.2 Å². The smallest absolute Gasteiger partial charge is 0.407 e. The molecule has 1 amide bonds. The van der Waals surface area contributed by atoms with Crippen molar-refractivity contribution in [2.45, 2.75) is 45.8 Å². The summed E-state index contributed by atoms with van der Waals surface area (Å²) in [6.45, 7) is 6.52. The summed E-state index contributed by atoms with van der Waals surface area (Å²) in [5, 5.41) is 9.17. The minimum absolute atomic E-state index is 0.0723. The van der Waals surface area contributed by atoms with Crippen LogP contribution < -0.4 is 0 Å². The van der Waals surface area contributed by atoms with Gasteiger partial charge in [-0.1, -0.05) is 20.8 Å². The van der Waals surface area contributed by atoms with Crippen LogP contribution in [0.25, 0.3) is 0 Å². The third-order valence-corrected chi connectivity index (χ3v) is 4.64. The first-order valence-corrected chi connectivity index (χ1v) is 8.14. The number of carbonyl (C=O) groups is 1. The van der Waals surface area contributed by atoms with Crippen LogP contribution in [-0.4, -0.2) is 49.5 Å². The van der Waals surface area contributed by atoms with Crippen molar-refractivity contribution >= 4 is 16.2 Å². The molecule has 1 saturated heterocycles. The summed E-state index contributed by atoms with van der Waals surface area (Å²) in [5.41, 5.74) is -0.265. The van der Waals surface area contributed by atoms with Crippen LogP contribution in [-0.2, 0) is 14.3 Å². The van der Waals surface area contributed by atoms with Crippen molar-refractivity contribution in [2.75, 3.05) is 12.8 Å². The van der Waals surface area contributed by atoms with E-state index in [2.05, 4.69) is 0 Å². The molecule has 1 unspecified atom stereocenters. The van der Waals surface area contributed by atoms with Crippen LogP contribution in [0.15, 0.2) is 0 Å². The Morgan fingerprint density at radius 1 is 1.37 bits per heavy atom. The number of amides is 1. The van der Waals surface area contributed by atoms with Gasteiger partial charge in [-0.05, 0) is 18.3 Å². The second-order valence-corrected chi connectivity index (χ2v) is 8.47. The van der Waals surface area contributed by atoms with Gasteiger partial charge >= 0.3 is 6.09 Å². The van der Waals surface area contributed by atoms with Gasteiger partial charge < -0.3 is 10.0 Å². The van der Waals surface area contributed by atoms with Gasteiger partial charge in [0.05, 0.1) is 12.4 Å². The highest BCUT2D eigenvalue weighted by Crippen LogP contribution is 2.59. The lowest BCUT2D eigenvalue weighted by Gasteiger charge is -2.66. The average Bonchev–Trinajstić information content (AvgIpc) is 2.01. The Bertz CT molecular complexity index is 487. The number of likely N-dealkylation sites (tertiary alicyclic amines) is 1. The zero-order valence-electron chi connectivity index (χ0n) is 11.7. The Kier molecular flexibility index (Phi) is 3.14. The summed E-state index contributed by atoms with van der Waals surface area (Å²) in [7, 11) is -3.43. The Morgan fingerprint density at radius 3 is 2.26 bits per heavy atom. The van der Waals surface area contributed by atoms with Gasteiger partial charge in [-0.2, -0.15) is 8.42 Å². The fraction of sp³-hybridized carbons (Fsp3) is 0.917. The molecule has 2 aliphatic rings. The normalized spacial score (nSPS) is 34.8. The number of hydrogen-bond donors (Lipinski definition) is 1. The van der Waals surface area contributed by atoms with Crippen molar-refractivity contribution in [3.8, 4) is 0 Å². The molecule has 2 rings (SSSR count). The molecule has 1 N–H and O–H groups in total. The molecule has 7 heteroatoms. The molecule has 2 fully saturated rings. The molecule has 0 aromatic carbocycles. The van der Waals surface area contributed by atoms with E-state index < -0.39 is 16.2 Å². The number of nitrogens with zero attached hydrogens (tertiary/aromatic N) is 1. The SMILES string of the molecule is CC(C)(C)C1N(C(=O)O)CC12CC(OS(C)(=O)=O)C2. The first kappa shape index (κ1) is 14.6. The van der Waals surface area contributed by atoms with Crippen LogP contribution in [0.4, 0.5) is 4.79 Å². The second-order valence-electron chi connectivity index (χ2n) is 6.87. The van der Waals surface area contributed by atoms with Gasteiger partial charge in [0.1, 0.15) is 0 Å². The summed E-state index contributed by atoms with van der Waals surface area (Å²) < 4.78 is 27.1. The van der Waals surface area contributed by atoms with Crippen LogP contribution in [0.2, 0.25) is 0 Å². The monoisotopic (exact) mass is 291 g/mol. The first-order chi connectivity index (χ1) is 8.45. The molecular weight excluding hydrogens is 270 g/mol. The highest BCUT2D eigenvalue weighted by molar-refractivity contribution is 7.86. The lowest BCUT2D eigenvalue weighted by atomic mass is 9.51. The van der Waals surface area contributed by atoms with Gasteiger partial charge in [0.15, 0.2) is 0 Å². The van der Waals surface area contributed by atoms with Gasteiger partial charge in [-0.25, -0.2) is 4.79 Å². The molecule has 1 aliphatic carbocycles. The van der Waals surface area contributed by atoms with Crippen LogP contribution in [0.3, 0.4) is 0 Å². The van der Waals surface area contributed by atoms with Gasteiger partial charge in [0, 0.05) is 18.0 Å². The molecule has 1 aliphatic heterocycles. The standard InChI is InChI=1S/C12H21NO5S/c1-11(2,3)9-12(7-13(9)10(14)15)5-8(6-12)18-19(4,16)17/h8-9H,5-7H2,1-4H3,(H,14,15). The van der Waals surface area contributed by atoms with E-state index in [1.54, 1.807) is 0 Å².